The van der Waals surface area contributed by atoms with Crippen molar-refractivity contribution in [2.75, 3.05) is 6.54 Å². The number of aryl methyl sites for hydroxylation is 1. The normalized spacial score (nSPS) is 10.8. The fourth-order valence-electron chi connectivity index (χ4n) is 3.01. The smallest absolute Gasteiger partial charge is 0.267 e. The molecule has 0 unspecified atom stereocenters. The lowest BCUT2D eigenvalue weighted by atomic mass is 9.88. The molecule has 1 N–H and O–H groups in total. The number of aromatic nitrogens is 1. The number of hydrogen-bond donors (Lipinski definition) is 1. The van der Waals surface area contributed by atoms with Crippen molar-refractivity contribution in [3.05, 3.63) is 95.8 Å². The zero-order chi connectivity index (χ0) is 16.8. The first-order valence-electron chi connectivity index (χ1n) is 8.25. The molecule has 0 saturated heterocycles. The molecule has 2 aromatic carbocycles. The third-order valence-corrected chi connectivity index (χ3v) is 4.30. The van der Waals surface area contributed by atoms with Crippen LogP contribution in [0.5, 0.6) is 0 Å². The molecule has 0 aliphatic carbocycles. The molecule has 1 aromatic heterocycles. The van der Waals surface area contributed by atoms with Gasteiger partial charge in [-0.1, -0.05) is 60.7 Å². The molecule has 0 fully saturated rings. The van der Waals surface area contributed by atoms with Crippen molar-refractivity contribution in [2.45, 2.75) is 12.3 Å². The molecule has 0 aliphatic rings. The molecule has 1 heterocycles. The summed E-state index contributed by atoms with van der Waals surface area (Å²) in [4.78, 5) is 12.2. The first-order valence-corrected chi connectivity index (χ1v) is 8.25. The Bertz CT molecular complexity index is 738. The summed E-state index contributed by atoms with van der Waals surface area (Å²) in [5.74, 6) is 0.253. The van der Waals surface area contributed by atoms with Crippen LogP contribution >= 0.6 is 0 Å². The van der Waals surface area contributed by atoms with Gasteiger partial charge in [-0.2, -0.15) is 0 Å². The summed E-state index contributed by atoms with van der Waals surface area (Å²) < 4.78 is 1.83. The van der Waals surface area contributed by atoms with Gasteiger partial charge < -0.3 is 9.88 Å². The molecule has 3 rings (SSSR count). The van der Waals surface area contributed by atoms with Crippen molar-refractivity contribution in [1.29, 1.82) is 0 Å². The van der Waals surface area contributed by atoms with Crippen molar-refractivity contribution in [2.24, 2.45) is 7.05 Å². The van der Waals surface area contributed by atoms with Crippen LogP contribution in [0.1, 0.15) is 34.0 Å². The zero-order valence-electron chi connectivity index (χ0n) is 13.9. The Morgan fingerprint density at radius 2 is 1.50 bits per heavy atom. The summed E-state index contributed by atoms with van der Waals surface area (Å²) in [6.45, 7) is 0.637. The minimum atomic E-state index is -0.0256. The van der Waals surface area contributed by atoms with Gasteiger partial charge in [0.15, 0.2) is 0 Å². The Labute approximate surface area is 143 Å². The lowest BCUT2D eigenvalue weighted by molar-refractivity contribution is 0.0944. The van der Waals surface area contributed by atoms with Gasteiger partial charge in [-0.3, -0.25) is 4.79 Å². The van der Waals surface area contributed by atoms with Crippen molar-refractivity contribution >= 4 is 5.91 Å². The first-order chi connectivity index (χ1) is 11.8. The minimum absolute atomic E-state index is 0.0256. The van der Waals surface area contributed by atoms with E-state index >= 15 is 0 Å². The van der Waals surface area contributed by atoms with Crippen molar-refractivity contribution in [3.63, 3.8) is 0 Å². The van der Waals surface area contributed by atoms with Crippen LogP contribution in [0.3, 0.4) is 0 Å². The highest BCUT2D eigenvalue weighted by molar-refractivity contribution is 5.92. The summed E-state index contributed by atoms with van der Waals surface area (Å²) in [5.41, 5.74) is 3.24. The molecular weight excluding hydrogens is 296 g/mol. The molecule has 3 heteroatoms. The van der Waals surface area contributed by atoms with Crippen LogP contribution in [-0.4, -0.2) is 17.0 Å². The third kappa shape index (κ3) is 3.74. The average molecular weight is 318 g/mol. The summed E-state index contributed by atoms with van der Waals surface area (Å²) in [6, 6.07) is 24.6. The first kappa shape index (κ1) is 16.1. The second-order valence-electron chi connectivity index (χ2n) is 5.92. The van der Waals surface area contributed by atoms with Gasteiger partial charge in [0.25, 0.3) is 5.91 Å². The number of nitrogens with zero attached hydrogens (tertiary/aromatic N) is 1. The molecule has 24 heavy (non-hydrogen) atoms. The lowest BCUT2D eigenvalue weighted by Crippen LogP contribution is -2.27. The van der Waals surface area contributed by atoms with Gasteiger partial charge in [0, 0.05) is 25.7 Å². The van der Waals surface area contributed by atoms with Gasteiger partial charge in [0.1, 0.15) is 5.69 Å². The molecule has 0 radical (unpaired) electrons. The molecule has 0 bridgehead atoms. The maximum absolute atomic E-state index is 12.2. The highest BCUT2D eigenvalue weighted by Gasteiger charge is 2.15. The molecule has 1 amide bonds. The maximum Gasteiger partial charge on any atom is 0.267 e. The van der Waals surface area contributed by atoms with E-state index in [9.17, 15) is 4.79 Å². The van der Waals surface area contributed by atoms with Gasteiger partial charge in [-0.15, -0.1) is 0 Å². The Hall–Kier alpha value is -2.81. The van der Waals surface area contributed by atoms with Crippen molar-refractivity contribution < 1.29 is 4.79 Å². The SMILES string of the molecule is Cn1cccc1C(=O)NCCC(c1ccccc1)c1ccccc1. The maximum atomic E-state index is 12.2. The number of carbonyl (C=O) groups is 1. The topological polar surface area (TPSA) is 34.0 Å². The molecule has 3 nitrogen and oxygen atoms in total. The average Bonchev–Trinajstić information content (AvgIpc) is 3.06. The molecule has 0 aliphatic heterocycles. The molecule has 0 spiro atoms. The minimum Gasteiger partial charge on any atom is -0.351 e. The predicted octanol–water partition coefficient (Wildman–Crippen LogP) is 3.98. The molecule has 122 valence electrons. The number of carbonyl (C=O) groups excluding carboxylic acids is 1. The zero-order valence-corrected chi connectivity index (χ0v) is 13.9. The van der Waals surface area contributed by atoms with Gasteiger partial charge in [0.2, 0.25) is 0 Å². The summed E-state index contributed by atoms with van der Waals surface area (Å²) >= 11 is 0. The van der Waals surface area contributed by atoms with E-state index in [0.717, 1.165) is 6.42 Å². The Kier molecular flexibility index (Phi) is 5.12. The van der Waals surface area contributed by atoms with E-state index in [1.807, 2.05) is 42.1 Å². The van der Waals surface area contributed by atoms with E-state index in [1.165, 1.54) is 11.1 Å². The molecule has 3 aromatic rings. The van der Waals surface area contributed by atoms with E-state index in [1.54, 1.807) is 0 Å². The van der Waals surface area contributed by atoms with Crippen LogP contribution in [0.15, 0.2) is 79.0 Å². The number of benzene rings is 2. The fourth-order valence-corrected chi connectivity index (χ4v) is 3.01. The summed E-state index contributed by atoms with van der Waals surface area (Å²) in [7, 11) is 1.88. The third-order valence-electron chi connectivity index (χ3n) is 4.30. The number of rotatable bonds is 6. The quantitative estimate of drug-likeness (QED) is 0.733. The van der Waals surface area contributed by atoms with E-state index in [-0.39, 0.29) is 11.8 Å². The summed E-state index contributed by atoms with van der Waals surface area (Å²) in [5, 5.41) is 3.04. The van der Waals surface area contributed by atoms with Gasteiger partial charge in [0.05, 0.1) is 0 Å². The highest BCUT2D eigenvalue weighted by atomic mass is 16.1. The number of hydrogen-bond acceptors (Lipinski definition) is 1. The molecule has 0 saturated carbocycles. The van der Waals surface area contributed by atoms with Gasteiger partial charge in [-0.05, 0) is 29.7 Å². The predicted molar refractivity (Wildman–Crippen MR) is 97.1 cm³/mol. The largest absolute Gasteiger partial charge is 0.351 e. The van der Waals surface area contributed by atoms with Crippen LogP contribution in [0, 0.1) is 0 Å². The number of amides is 1. The van der Waals surface area contributed by atoms with Gasteiger partial charge >= 0.3 is 0 Å². The van der Waals surface area contributed by atoms with Crippen LogP contribution < -0.4 is 5.32 Å². The Morgan fingerprint density at radius 3 is 2.00 bits per heavy atom. The van der Waals surface area contributed by atoms with E-state index in [0.29, 0.717) is 12.2 Å². The second-order valence-corrected chi connectivity index (χ2v) is 5.92. The number of nitrogens with one attached hydrogen (secondary N) is 1. The van der Waals surface area contributed by atoms with Gasteiger partial charge in [-0.25, -0.2) is 0 Å². The van der Waals surface area contributed by atoms with E-state index < -0.39 is 0 Å². The van der Waals surface area contributed by atoms with Crippen LogP contribution in [0.2, 0.25) is 0 Å². The monoisotopic (exact) mass is 318 g/mol. The lowest BCUT2D eigenvalue weighted by Gasteiger charge is -2.18. The van der Waals surface area contributed by atoms with Crippen LogP contribution in [0.4, 0.5) is 0 Å². The van der Waals surface area contributed by atoms with E-state index in [2.05, 4.69) is 53.8 Å². The molecular formula is C21H22N2O. The second kappa shape index (κ2) is 7.64. The van der Waals surface area contributed by atoms with Crippen LogP contribution in [-0.2, 0) is 7.05 Å². The highest BCUT2D eigenvalue weighted by Crippen LogP contribution is 2.27. The van der Waals surface area contributed by atoms with Crippen LogP contribution in [0.25, 0.3) is 0 Å². The summed E-state index contributed by atoms with van der Waals surface area (Å²) in [6.07, 6.45) is 2.75. The Balaban J connectivity index is 1.69. The fraction of sp³-hybridized carbons (Fsp3) is 0.190. The Morgan fingerprint density at radius 1 is 0.917 bits per heavy atom. The van der Waals surface area contributed by atoms with Crippen molar-refractivity contribution in [1.82, 2.24) is 9.88 Å². The molecule has 0 atom stereocenters. The standard InChI is InChI=1S/C21H22N2O/c1-23-16-8-13-20(23)21(24)22-15-14-19(17-9-4-2-5-10-17)18-11-6-3-7-12-18/h2-13,16,19H,14-15H2,1H3,(H,22,24). The van der Waals surface area contributed by atoms with Crippen molar-refractivity contribution in [3.8, 4) is 0 Å². The van der Waals surface area contributed by atoms with E-state index in [4.69, 9.17) is 0 Å².